The molecule has 31 heavy (non-hydrogen) atoms. The number of anilines is 1. The van der Waals surface area contributed by atoms with E-state index in [4.69, 9.17) is 16.3 Å². The van der Waals surface area contributed by atoms with E-state index in [9.17, 15) is 17.6 Å². The summed E-state index contributed by atoms with van der Waals surface area (Å²) < 4.78 is 46.9. The number of sulfonamides is 1. The first-order chi connectivity index (χ1) is 14.8. The average Bonchev–Trinajstić information content (AvgIpc) is 3.10. The van der Waals surface area contributed by atoms with E-state index in [-0.39, 0.29) is 20.5 Å². The van der Waals surface area contributed by atoms with Gasteiger partial charge in [-0.15, -0.1) is 11.3 Å². The third-order valence-corrected chi connectivity index (χ3v) is 8.72. The molecule has 2 heterocycles. The van der Waals surface area contributed by atoms with Gasteiger partial charge in [0.05, 0.1) is 22.7 Å². The number of thiophene rings is 1. The largest absolute Gasteiger partial charge is 0.495 e. The molecule has 0 radical (unpaired) electrons. The Hall–Kier alpha value is -2.20. The van der Waals surface area contributed by atoms with Gasteiger partial charge in [-0.3, -0.25) is 4.79 Å². The highest BCUT2D eigenvalue weighted by Crippen LogP contribution is 2.37. The number of halogens is 2. The summed E-state index contributed by atoms with van der Waals surface area (Å²) in [6.07, 6.45) is 2.66. The first-order valence-electron chi connectivity index (χ1n) is 9.68. The fraction of sp³-hybridized carbons (Fsp3) is 0.286. The van der Waals surface area contributed by atoms with Gasteiger partial charge >= 0.3 is 0 Å². The lowest BCUT2D eigenvalue weighted by Crippen LogP contribution is -2.35. The fourth-order valence-electron chi connectivity index (χ4n) is 3.56. The molecule has 0 aliphatic carbocycles. The molecule has 4 rings (SSSR count). The Balaban J connectivity index is 1.67. The molecule has 1 aliphatic heterocycles. The van der Waals surface area contributed by atoms with Gasteiger partial charge in [-0.2, -0.15) is 4.31 Å². The molecule has 0 saturated carbocycles. The zero-order chi connectivity index (χ0) is 22.2. The van der Waals surface area contributed by atoms with Crippen molar-refractivity contribution in [3.63, 3.8) is 0 Å². The predicted molar refractivity (Wildman–Crippen MR) is 120 cm³/mol. The van der Waals surface area contributed by atoms with Gasteiger partial charge in [0.25, 0.3) is 5.91 Å². The van der Waals surface area contributed by atoms with Crippen LogP contribution in [0.2, 0.25) is 5.02 Å². The van der Waals surface area contributed by atoms with E-state index < -0.39 is 21.7 Å². The Kier molecular flexibility index (Phi) is 6.20. The summed E-state index contributed by atoms with van der Waals surface area (Å²) in [6.45, 7) is 0.952. The summed E-state index contributed by atoms with van der Waals surface area (Å²) in [5.41, 5.74) is 0.213. The van der Waals surface area contributed by atoms with Crippen LogP contribution in [-0.2, 0) is 10.0 Å². The lowest BCUT2D eigenvalue weighted by molar-refractivity contribution is 0.103. The molecule has 1 fully saturated rings. The van der Waals surface area contributed by atoms with Crippen molar-refractivity contribution < 1.29 is 22.3 Å². The number of methoxy groups -OCH3 is 1. The summed E-state index contributed by atoms with van der Waals surface area (Å²) in [5.74, 6) is -0.638. The highest BCUT2D eigenvalue weighted by molar-refractivity contribution is 7.89. The molecule has 0 spiro atoms. The van der Waals surface area contributed by atoms with Gasteiger partial charge in [0.2, 0.25) is 10.0 Å². The second-order valence-corrected chi connectivity index (χ2v) is 10.5. The average molecular weight is 483 g/mol. The number of hydrogen-bond acceptors (Lipinski definition) is 5. The first-order valence-corrected chi connectivity index (χ1v) is 12.3. The number of fused-ring (bicyclic) bond motifs is 1. The third-order valence-electron chi connectivity index (χ3n) is 5.17. The molecule has 0 unspecified atom stereocenters. The van der Waals surface area contributed by atoms with Crippen molar-refractivity contribution in [2.45, 2.75) is 24.2 Å². The molecule has 0 atom stereocenters. The van der Waals surface area contributed by atoms with Gasteiger partial charge in [0, 0.05) is 23.2 Å². The Morgan fingerprint density at radius 2 is 1.90 bits per heavy atom. The zero-order valence-corrected chi connectivity index (χ0v) is 19.0. The minimum absolute atomic E-state index is 0.0787. The maximum absolute atomic E-state index is 13.5. The number of nitrogens with one attached hydrogen (secondary N) is 1. The van der Waals surface area contributed by atoms with E-state index in [1.807, 2.05) is 0 Å². The van der Waals surface area contributed by atoms with Crippen LogP contribution in [0.1, 0.15) is 28.9 Å². The number of rotatable bonds is 5. The number of nitrogens with zero attached hydrogens (tertiary/aromatic N) is 1. The number of carbonyl (C=O) groups excluding carboxylic acids is 1. The standard InChI is InChI=1S/C21H20ClFN2O4S2/c1-29-17-8-6-14(31(27,28)25-9-3-2-4-10-25)12-16(17)24-21(26)20-19(22)15-7-5-13(23)11-18(15)30-20/h5-8,11-12H,2-4,9-10H2,1H3,(H,24,26). The predicted octanol–water partition coefficient (Wildman–Crippen LogP) is 5.13. The Labute approximate surface area is 188 Å². The van der Waals surface area contributed by atoms with Gasteiger partial charge < -0.3 is 10.1 Å². The minimum Gasteiger partial charge on any atom is -0.495 e. The highest BCUT2D eigenvalue weighted by atomic mass is 35.5. The second-order valence-electron chi connectivity index (χ2n) is 7.17. The lowest BCUT2D eigenvalue weighted by atomic mass is 10.2. The van der Waals surface area contributed by atoms with Gasteiger partial charge in [-0.05, 0) is 49.2 Å². The van der Waals surface area contributed by atoms with Crippen LogP contribution >= 0.6 is 22.9 Å². The monoisotopic (exact) mass is 482 g/mol. The van der Waals surface area contributed by atoms with E-state index in [0.717, 1.165) is 30.6 Å². The topological polar surface area (TPSA) is 75.7 Å². The molecule has 1 saturated heterocycles. The number of carbonyl (C=O) groups is 1. The molecule has 164 valence electrons. The van der Waals surface area contributed by atoms with Crippen molar-refractivity contribution >= 4 is 54.6 Å². The number of benzene rings is 2. The highest BCUT2D eigenvalue weighted by Gasteiger charge is 2.27. The summed E-state index contributed by atoms with van der Waals surface area (Å²) in [4.78, 5) is 13.2. The van der Waals surface area contributed by atoms with Gasteiger partial charge in [0.1, 0.15) is 16.4 Å². The smallest absolute Gasteiger partial charge is 0.267 e. The summed E-state index contributed by atoms with van der Waals surface area (Å²) in [5, 5.41) is 3.49. The van der Waals surface area contributed by atoms with Gasteiger partial charge in [-0.1, -0.05) is 18.0 Å². The third kappa shape index (κ3) is 4.27. The van der Waals surface area contributed by atoms with Crippen LogP contribution in [0, 0.1) is 5.82 Å². The molecule has 10 heteroatoms. The van der Waals surface area contributed by atoms with Crippen LogP contribution in [0.4, 0.5) is 10.1 Å². The fourth-order valence-corrected chi connectivity index (χ4v) is 6.54. The quantitative estimate of drug-likeness (QED) is 0.547. The number of amides is 1. The molecule has 2 aromatic carbocycles. The van der Waals surface area contributed by atoms with Gasteiger partial charge in [-0.25, -0.2) is 12.8 Å². The molecule has 1 aromatic heterocycles. The van der Waals surface area contributed by atoms with Crippen LogP contribution in [0.3, 0.4) is 0 Å². The zero-order valence-electron chi connectivity index (χ0n) is 16.7. The minimum atomic E-state index is -3.68. The van der Waals surface area contributed by atoms with Gasteiger partial charge in [0.15, 0.2) is 0 Å². The van der Waals surface area contributed by atoms with Crippen LogP contribution < -0.4 is 10.1 Å². The normalized spacial score (nSPS) is 15.2. The van der Waals surface area contributed by atoms with Crippen LogP contribution in [0.25, 0.3) is 10.1 Å². The van der Waals surface area contributed by atoms with E-state index in [0.29, 0.717) is 28.9 Å². The van der Waals surface area contributed by atoms with Crippen LogP contribution in [0.15, 0.2) is 41.3 Å². The molecule has 1 aliphatic rings. The van der Waals surface area contributed by atoms with Crippen molar-refractivity contribution in [3.05, 3.63) is 52.1 Å². The second kappa shape index (κ2) is 8.74. The van der Waals surface area contributed by atoms with Crippen LogP contribution in [0.5, 0.6) is 5.75 Å². The number of piperidine rings is 1. The number of hydrogen-bond donors (Lipinski definition) is 1. The van der Waals surface area contributed by atoms with E-state index in [1.54, 1.807) is 0 Å². The molecule has 6 nitrogen and oxygen atoms in total. The molecular formula is C21H20ClFN2O4S2. The van der Waals surface area contributed by atoms with Crippen molar-refractivity contribution in [2.75, 3.05) is 25.5 Å². The van der Waals surface area contributed by atoms with Crippen LogP contribution in [-0.4, -0.2) is 38.8 Å². The van der Waals surface area contributed by atoms with E-state index in [2.05, 4.69) is 5.32 Å². The summed E-state index contributed by atoms with van der Waals surface area (Å²) in [7, 11) is -2.25. The molecular weight excluding hydrogens is 463 g/mol. The van der Waals surface area contributed by atoms with Crippen molar-refractivity contribution in [1.82, 2.24) is 4.31 Å². The molecule has 0 bridgehead atoms. The Morgan fingerprint density at radius 3 is 2.61 bits per heavy atom. The molecule has 3 aromatic rings. The van der Waals surface area contributed by atoms with Crippen molar-refractivity contribution in [2.24, 2.45) is 0 Å². The van der Waals surface area contributed by atoms with Crippen molar-refractivity contribution in [1.29, 1.82) is 0 Å². The lowest BCUT2D eigenvalue weighted by Gasteiger charge is -2.26. The summed E-state index contributed by atoms with van der Waals surface area (Å²) >= 11 is 7.40. The Bertz CT molecular complexity index is 1250. The van der Waals surface area contributed by atoms with E-state index >= 15 is 0 Å². The van der Waals surface area contributed by atoms with E-state index in [1.165, 1.54) is 47.8 Å². The maximum atomic E-state index is 13.5. The Morgan fingerprint density at radius 1 is 1.16 bits per heavy atom. The molecule has 1 N–H and O–H groups in total. The summed E-state index contributed by atoms with van der Waals surface area (Å²) in [6, 6.07) is 8.48. The first kappa shape index (κ1) is 22.0. The number of ether oxygens (including phenoxy) is 1. The SMILES string of the molecule is COc1ccc(S(=O)(=O)N2CCCCC2)cc1NC(=O)c1sc2cc(F)ccc2c1Cl. The maximum Gasteiger partial charge on any atom is 0.267 e. The van der Waals surface area contributed by atoms with Crippen molar-refractivity contribution in [3.8, 4) is 5.75 Å². The molecule has 1 amide bonds.